The maximum absolute atomic E-state index is 12.6. The summed E-state index contributed by atoms with van der Waals surface area (Å²) in [6.07, 6.45) is -3.65. The van der Waals surface area contributed by atoms with Crippen LogP contribution in [0.5, 0.6) is 0 Å². The molecule has 0 aromatic heterocycles. The smallest absolute Gasteiger partial charge is 0.307 e. The van der Waals surface area contributed by atoms with Crippen LogP contribution < -0.4 is 5.32 Å². The average molecular weight is 270 g/mol. The minimum Gasteiger partial charge on any atom is -0.307 e. The Labute approximate surface area is 102 Å². The summed E-state index contributed by atoms with van der Waals surface area (Å²) in [5, 5.41) is 2.86. The van der Waals surface area contributed by atoms with Gasteiger partial charge >= 0.3 is 12.3 Å². The fourth-order valence-electron chi connectivity index (χ4n) is 1.30. The Morgan fingerprint density at radius 2 is 2.00 bits per heavy atom. The van der Waals surface area contributed by atoms with E-state index in [-0.39, 0.29) is 6.54 Å². The van der Waals surface area contributed by atoms with Gasteiger partial charge < -0.3 is 5.32 Å². The van der Waals surface area contributed by atoms with Gasteiger partial charge in [0.05, 0.1) is 6.54 Å². The number of alkyl halides is 4. The summed E-state index contributed by atoms with van der Waals surface area (Å²) in [5.41, 5.74) is 1.57. The van der Waals surface area contributed by atoms with E-state index >= 15 is 0 Å². The molecule has 1 nitrogen and oxygen atoms in total. The van der Waals surface area contributed by atoms with Crippen LogP contribution in [0.4, 0.5) is 17.6 Å². The Kier molecular flexibility index (Phi) is 4.77. The Balaban J connectivity index is 2.51. The molecule has 0 spiro atoms. The topological polar surface area (TPSA) is 12.0 Å². The van der Waals surface area contributed by atoms with Crippen molar-refractivity contribution >= 4 is 11.6 Å². The van der Waals surface area contributed by atoms with Gasteiger partial charge in [-0.3, -0.25) is 0 Å². The number of halogens is 5. The lowest BCUT2D eigenvalue weighted by Crippen LogP contribution is -2.38. The molecule has 0 aliphatic rings. The van der Waals surface area contributed by atoms with E-state index in [0.29, 0.717) is 5.02 Å². The molecule has 0 aliphatic heterocycles. The van der Waals surface area contributed by atoms with Gasteiger partial charge in [0.25, 0.3) is 0 Å². The zero-order valence-corrected chi connectivity index (χ0v) is 9.87. The van der Waals surface area contributed by atoms with Gasteiger partial charge in [0.15, 0.2) is 0 Å². The highest BCUT2D eigenvalue weighted by molar-refractivity contribution is 6.30. The van der Waals surface area contributed by atoms with Crippen molar-refractivity contribution in [1.82, 2.24) is 5.32 Å². The maximum Gasteiger partial charge on any atom is 0.319 e. The molecule has 0 fully saturated rings. The van der Waals surface area contributed by atoms with Crippen LogP contribution in [0.1, 0.15) is 11.1 Å². The molecule has 6 heteroatoms. The standard InChI is InChI=1S/C11H12ClF4N/c1-7-4-9(12)3-2-8(7)5-17-6-11(15,16)10(13)14/h2-4,10,17H,5-6H2,1H3. The molecular weight excluding hydrogens is 258 g/mol. The summed E-state index contributed by atoms with van der Waals surface area (Å²) in [6.45, 7) is 0.826. The first-order valence-corrected chi connectivity index (χ1v) is 5.32. The van der Waals surface area contributed by atoms with Crippen molar-refractivity contribution in [1.29, 1.82) is 0 Å². The Hall–Kier alpha value is -0.810. The van der Waals surface area contributed by atoms with Crippen LogP contribution in [0.15, 0.2) is 18.2 Å². The van der Waals surface area contributed by atoms with Crippen LogP contribution >= 0.6 is 11.6 Å². The van der Waals surface area contributed by atoms with Gasteiger partial charge in [0, 0.05) is 11.6 Å². The summed E-state index contributed by atoms with van der Waals surface area (Å²) in [4.78, 5) is 0. The number of aryl methyl sites for hydroxylation is 1. The molecule has 1 N–H and O–H groups in total. The molecule has 0 heterocycles. The summed E-state index contributed by atoms with van der Waals surface area (Å²) >= 11 is 5.73. The first-order chi connectivity index (χ1) is 7.83. The van der Waals surface area contributed by atoms with E-state index in [2.05, 4.69) is 5.32 Å². The summed E-state index contributed by atoms with van der Waals surface area (Å²) in [5.74, 6) is -4.00. The third-order valence-corrected chi connectivity index (χ3v) is 2.54. The van der Waals surface area contributed by atoms with E-state index in [4.69, 9.17) is 11.6 Å². The van der Waals surface area contributed by atoms with Crippen molar-refractivity contribution in [3.05, 3.63) is 34.3 Å². The predicted octanol–water partition coefficient (Wildman–Crippen LogP) is 3.64. The van der Waals surface area contributed by atoms with E-state index in [0.717, 1.165) is 11.1 Å². The van der Waals surface area contributed by atoms with Gasteiger partial charge in [-0.2, -0.15) is 8.78 Å². The molecule has 1 aromatic carbocycles. The Morgan fingerprint density at radius 1 is 1.35 bits per heavy atom. The van der Waals surface area contributed by atoms with Crippen molar-refractivity contribution in [2.45, 2.75) is 25.8 Å². The minimum atomic E-state index is -4.00. The third-order valence-electron chi connectivity index (χ3n) is 2.30. The zero-order valence-electron chi connectivity index (χ0n) is 9.11. The van der Waals surface area contributed by atoms with Crippen LogP contribution in [0.25, 0.3) is 0 Å². The SMILES string of the molecule is Cc1cc(Cl)ccc1CNCC(F)(F)C(F)F. The fourth-order valence-corrected chi connectivity index (χ4v) is 1.53. The fraction of sp³-hybridized carbons (Fsp3) is 0.455. The molecule has 0 radical (unpaired) electrons. The van der Waals surface area contributed by atoms with Crippen molar-refractivity contribution in [3.8, 4) is 0 Å². The van der Waals surface area contributed by atoms with E-state index < -0.39 is 18.9 Å². The second-order valence-electron chi connectivity index (χ2n) is 3.74. The van der Waals surface area contributed by atoms with E-state index in [1.165, 1.54) is 0 Å². The monoisotopic (exact) mass is 269 g/mol. The second kappa shape index (κ2) is 5.69. The number of nitrogens with one attached hydrogen (secondary N) is 1. The van der Waals surface area contributed by atoms with E-state index in [1.54, 1.807) is 25.1 Å². The van der Waals surface area contributed by atoms with Gasteiger partial charge in [-0.1, -0.05) is 17.7 Å². The molecule has 17 heavy (non-hydrogen) atoms. The lowest BCUT2D eigenvalue weighted by molar-refractivity contribution is -0.125. The normalized spacial score (nSPS) is 12.2. The largest absolute Gasteiger partial charge is 0.319 e. The van der Waals surface area contributed by atoms with Gasteiger partial charge in [0.2, 0.25) is 0 Å². The van der Waals surface area contributed by atoms with Crippen molar-refractivity contribution < 1.29 is 17.6 Å². The van der Waals surface area contributed by atoms with Crippen molar-refractivity contribution in [2.24, 2.45) is 0 Å². The minimum absolute atomic E-state index is 0.102. The number of benzene rings is 1. The van der Waals surface area contributed by atoms with Gasteiger partial charge in [-0.25, -0.2) is 8.78 Å². The average Bonchev–Trinajstić information content (AvgIpc) is 2.21. The number of hydrogen-bond acceptors (Lipinski definition) is 1. The predicted molar refractivity (Wildman–Crippen MR) is 58.8 cm³/mol. The molecule has 0 saturated carbocycles. The summed E-state index contributed by atoms with van der Waals surface area (Å²) in [7, 11) is 0. The summed E-state index contributed by atoms with van der Waals surface area (Å²) < 4.78 is 48.9. The first-order valence-electron chi connectivity index (χ1n) is 4.94. The molecular formula is C11H12ClF4N. The quantitative estimate of drug-likeness (QED) is 0.805. The van der Waals surface area contributed by atoms with Gasteiger partial charge in [0.1, 0.15) is 0 Å². The highest BCUT2D eigenvalue weighted by Gasteiger charge is 2.39. The van der Waals surface area contributed by atoms with Crippen LogP contribution in [-0.2, 0) is 6.54 Å². The molecule has 0 aliphatic carbocycles. The number of hydrogen-bond donors (Lipinski definition) is 1. The first kappa shape index (κ1) is 14.3. The van der Waals surface area contributed by atoms with Crippen LogP contribution in [-0.4, -0.2) is 18.9 Å². The number of rotatable bonds is 5. The Bertz CT molecular complexity index is 382. The zero-order chi connectivity index (χ0) is 13.1. The van der Waals surface area contributed by atoms with Crippen LogP contribution in [0.3, 0.4) is 0 Å². The van der Waals surface area contributed by atoms with E-state index in [1.807, 2.05) is 0 Å². The molecule has 0 saturated heterocycles. The molecule has 0 atom stereocenters. The molecule has 0 bridgehead atoms. The van der Waals surface area contributed by atoms with E-state index in [9.17, 15) is 17.6 Å². The third kappa shape index (κ3) is 4.16. The molecule has 1 aromatic rings. The van der Waals surface area contributed by atoms with Crippen molar-refractivity contribution in [2.75, 3.05) is 6.54 Å². The maximum atomic E-state index is 12.6. The highest BCUT2D eigenvalue weighted by atomic mass is 35.5. The van der Waals surface area contributed by atoms with Crippen LogP contribution in [0, 0.1) is 6.92 Å². The van der Waals surface area contributed by atoms with Gasteiger partial charge in [-0.05, 0) is 30.2 Å². The van der Waals surface area contributed by atoms with Gasteiger partial charge in [-0.15, -0.1) is 0 Å². The second-order valence-corrected chi connectivity index (χ2v) is 4.17. The molecule has 1 rings (SSSR count). The van der Waals surface area contributed by atoms with Crippen molar-refractivity contribution in [3.63, 3.8) is 0 Å². The lowest BCUT2D eigenvalue weighted by Gasteiger charge is -2.16. The summed E-state index contributed by atoms with van der Waals surface area (Å²) in [6, 6.07) is 4.98. The lowest BCUT2D eigenvalue weighted by atomic mass is 10.1. The molecule has 0 unspecified atom stereocenters. The molecule has 96 valence electrons. The highest BCUT2D eigenvalue weighted by Crippen LogP contribution is 2.22. The Morgan fingerprint density at radius 3 is 2.53 bits per heavy atom. The van der Waals surface area contributed by atoms with Crippen LogP contribution in [0.2, 0.25) is 5.02 Å². The molecule has 0 amide bonds.